The summed E-state index contributed by atoms with van der Waals surface area (Å²) in [6.07, 6.45) is 7.35. The molecule has 0 amide bonds. The van der Waals surface area contributed by atoms with Gasteiger partial charge in [0.1, 0.15) is 0 Å². The van der Waals surface area contributed by atoms with Gasteiger partial charge in [-0.3, -0.25) is 0 Å². The summed E-state index contributed by atoms with van der Waals surface area (Å²) < 4.78 is 0.184. The number of hydrogen-bond acceptors (Lipinski definition) is 0. The third kappa shape index (κ3) is 4.58. The number of allylic oxidation sites excluding steroid dienone is 4. The van der Waals surface area contributed by atoms with Gasteiger partial charge >= 0.3 is 153 Å². The Bertz CT molecular complexity index is 727. The number of halogens is 3. The summed E-state index contributed by atoms with van der Waals surface area (Å²) in [6.45, 7) is 4.77. The van der Waals surface area contributed by atoms with Crippen molar-refractivity contribution in [3.63, 3.8) is 0 Å². The molecule has 0 spiro atoms. The maximum atomic E-state index is 2.54. The van der Waals surface area contributed by atoms with Crippen LogP contribution in [0.5, 0.6) is 0 Å². The molecule has 0 heterocycles. The zero-order chi connectivity index (χ0) is 16.3. The van der Waals surface area contributed by atoms with Crippen molar-refractivity contribution in [2.24, 2.45) is 0 Å². The molecule has 5 heteroatoms. The molecule has 1 aliphatic carbocycles. The molecule has 2 aromatic carbocycles. The Kier molecular flexibility index (Phi) is 10.8. The van der Waals surface area contributed by atoms with Gasteiger partial charge in [-0.15, -0.1) is 0 Å². The zero-order valence-corrected chi connectivity index (χ0v) is 19.9. The molecule has 26 heavy (non-hydrogen) atoms. The fourth-order valence-corrected chi connectivity index (χ4v) is 11.2. The van der Waals surface area contributed by atoms with Crippen LogP contribution in [0, 0.1) is 0 Å². The minimum Gasteiger partial charge on any atom is -1.00 e. The van der Waals surface area contributed by atoms with Crippen LogP contribution in [-0.2, 0) is 20.4 Å². The predicted octanol–water partition coefficient (Wildman–Crippen LogP) is -3.71. The van der Waals surface area contributed by atoms with Crippen LogP contribution < -0.4 is 42.4 Å². The summed E-state index contributed by atoms with van der Waals surface area (Å²) in [5.74, 6) is 0. The van der Waals surface area contributed by atoms with Crippen molar-refractivity contribution in [2.45, 2.75) is 29.3 Å². The van der Waals surface area contributed by atoms with E-state index >= 15 is 0 Å². The van der Waals surface area contributed by atoms with Crippen LogP contribution in [0.4, 0.5) is 0 Å². The van der Waals surface area contributed by atoms with E-state index in [0.717, 1.165) is 0 Å². The summed E-state index contributed by atoms with van der Waals surface area (Å²) in [6, 6.07) is 24.5. The van der Waals surface area contributed by atoms with Crippen molar-refractivity contribution in [1.29, 1.82) is 0 Å². The first-order valence-electron chi connectivity index (χ1n) is 8.43. The molecule has 0 aromatic heterocycles. The molecule has 0 aliphatic heterocycles. The molecule has 0 nitrogen and oxygen atoms in total. The summed E-state index contributed by atoms with van der Waals surface area (Å²) in [5.41, 5.74) is 2.71. The molecule has 0 N–H and O–H groups in total. The largest absolute Gasteiger partial charge is 1.00 e. The van der Waals surface area contributed by atoms with Gasteiger partial charge in [0.15, 0.2) is 0 Å². The molecule has 2 aromatic rings. The molecule has 0 saturated heterocycles. The molecule has 1 aliphatic rings. The van der Waals surface area contributed by atoms with Crippen molar-refractivity contribution in [1.82, 2.24) is 0 Å². The van der Waals surface area contributed by atoms with Gasteiger partial charge in [-0.2, -0.15) is 0 Å². The normalized spacial score (nSPS) is 18.2. The second kappa shape index (κ2) is 10.9. The van der Waals surface area contributed by atoms with Gasteiger partial charge in [0.25, 0.3) is 0 Å². The molecule has 1 atom stereocenters. The third-order valence-electron chi connectivity index (χ3n) is 5.34. The van der Waals surface area contributed by atoms with Crippen LogP contribution in [0.25, 0.3) is 5.57 Å². The van der Waals surface area contributed by atoms with E-state index in [-0.39, 0.29) is 40.6 Å². The summed E-state index contributed by atoms with van der Waals surface area (Å²) >= 11 is 2.45. The summed E-state index contributed by atoms with van der Waals surface area (Å²) in [7, 11) is -1.65. The molecule has 0 fully saturated rings. The Morgan fingerprint density at radius 3 is 1.81 bits per heavy atom. The second-order valence-electron chi connectivity index (χ2n) is 6.32. The van der Waals surface area contributed by atoms with Gasteiger partial charge < -0.3 is 37.2 Å². The quantitative estimate of drug-likeness (QED) is 0.406. The topological polar surface area (TPSA) is 0 Å². The first-order valence-corrected chi connectivity index (χ1v) is 11.6. The van der Waals surface area contributed by atoms with E-state index < -0.39 is 8.07 Å². The van der Waals surface area contributed by atoms with Crippen LogP contribution in [0.1, 0.15) is 19.4 Å². The maximum absolute atomic E-state index is 2.54. The van der Waals surface area contributed by atoms with Gasteiger partial charge in [-0.05, 0) is 0 Å². The van der Waals surface area contributed by atoms with Gasteiger partial charge in [-0.1, -0.05) is 0 Å². The van der Waals surface area contributed by atoms with E-state index in [0.29, 0.717) is 0 Å². The fraction of sp³-hybridized carbons (Fsp3) is 0.238. The summed E-state index contributed by atoms with van der Waals surface area (Å²) in [4.78, 5) is 0. The number of benzene rings is 2. The third-order valence-corrected chi connectivity index (χ3v) is 13.8. The van der Waals surface area contributed by atoms with Crippen molar-refractivity contribution in [3.05, 3.63) is 84.5 Å². The van der Waals surface area contributed by atoms with E-state index in [4.69, 9.17) is 0 Å². The molecule has 1 unspecified atom stereocenters. The van der Waals surface area contributed by atoms with Crippen molar-refractivity contribution in [2.75, 3.05) is 0 Å². The van der Waals surface area contributed by atoms with E-state index in [1.54, 1.807) is 5.19 Å². The van der Waals surface area contributed by atoms with Gasteiger partial charge in [0.05, 0.1) is 0 Å². The van der Waals surface area contributed by atoms with E-state index in [1.807, 2.05) is 0 Å². The minimum atomic E-state index is -1.65. The molecular weight excluding hydrogens is 435 g/mol. The molecule has 0 radical (unpaired) electrons. The molecule has 3 rings (SSSR count). The summed E-state index contributed by atoms with van der Waals surface area (Å²) in [5, 5.41) is 1.59. The van der Waals surface area contributed by atoms with Crippen LogP contribution in [0.15, 0.2) is 78.9 Å². The Hall–Kier alpha value is -0.279. The first kappa shape index (κ1) is 25.7. The number of rotatable bonds is 5. The van der Waals surface area contributed by atoms with Crippen LogP contribution >= 0.6 is 0 Å². The molecular formula is C21H23Cl3SiTi. The van der Waals surface area contributed by atoms with Crippen molar-refractivity contribution in [3.8, 4) is 0 Å². The van der Waals surface area contributed by atoms with Gasteiger partial charge in [0, 0.05) is 0 Å². The van der Waals surface area contributed by atoms with E-state index in [1.165, 1.54) is 23.2 Å². The van der Waals surface area contributed by atoms with Crippen molar-refractivity contribution < 1.29 is 57.7 Å². The minimum absolute atomic E-state index is 0. The van der Waals surface area contributed by atoms with Crippen LogP contribution in [0.3, 0.4) is 0 Å². The maximum Gasteiger partial charge on any atom is -1.00 e. The monoisotopic (exact) mass is 456 g/mol. The zero-order valence-electron chi connectivity index (χ0n) is 15.1. The SMILES string of the molecule is CC[Si](CC)(c1ccccc1)[C]1([Ti+3])C=CC(c2ccccc2)=C1.[Cl-].[Cl-].[Cl-]. The Morgan fingerprint density at radius 1 is 0.808 bits per heavy atom. The molecule has 136 valence electrons. The molecule has 0 saturated carbocycles. The standard InChI is InChI=1S/C21H23Si.3ClH.Ti/c1-3-22(4-2,20-13-9-6-10-14-20)21-16-15-19(17-21)18-11-7-5-8-12-18;;;;/h5-17H,3-4H2,1-2H3;3*1H;/q;;;;+3/p-3. The van der Waals surface area contributed by atoms with Crippen LogP contribution in [-0.4, -0.2) is 8.07 Å². The smallest absolute Gasteiger partial charge is 1.00 e. The Morgan fingerprint density at radius 2 is 1.31 bits per heavy atom. The fourth-order valence-electron chi connectivity index (χ4n) is 3.91. The first-order chi connectivity index (χ1) is 11.1. The van der Waals surface area contributed by atoms with E-state index in [9.17, 15) is 0 Å². The number of hydrogen-bond donors (Lipinski definition) is 0. The molecule has 0 bridgehead atoms. The Labute approximate surface area is 189 Å². The average molecular weight is 458 g/mol. The van der Waals surface area contributed by atoms with Gasteiger partial charge in [0.2, 0.25) is 0 Å². The van der Waals surface area contributed by atoms with Crippen LogP contribution in [0.2, 0.25) is 15.4 Å². The van der Waals surface area contributed by atoms with E-state index in [2.05, 4.69) is 113 Å². The van der Waals surface area contributed by atoms with Gasteiger partial charge in [-0.25, -0.2) is 0 Å². The Balaban J connectivity index is 0.00000208. The second-order valence-corrected chi connectivity index (χ2v) is 13.4. The predicted molar refractivity (Wildman–Crippen MR) is 99.0 cm³/mol. The van der Waals surface area contributed by atoms with Crippen molar-refractivity contribution >= 4 is 18.8 Å². The average Bonchev–Trinajstić information content (AvgIpc) is 3.02.